The fourth-order valence-corrected chi connectivity index (χ4v) is 2.44. The molecule has 0 amide bonds. The molecule has 1 rings (SSSR count). The van der Waals surface area contributed by atoms with Crippen molar-refractivity contribution in [2.45, 2.75) is 0 Å². The lowest BCUT2D eigenvalue weighted by atomic mass is 10.3. The SMILES string of the molecule is Oc1cc(I)cc(I)c1. The van der Waals surface area contributed by atoms with Crippen molar-refractivity contribution in [3.05, 3.63) is 25.3 Å². The molecular formula is C6H4I2O. The van der Waals surface area contributed by atoms with Crippen molar-refractivity contribution in [2.24, 2.45) is 0 Å². The van der Waals surface area contributed by atoms with Crippen molar-refractivity contribution in [3.63, 3.8) is 0 Å². The number of aromatic hydroxyl groups is 1. The lowest BCUT2D eigenvalue weighted by Gasteiger charge is -1.93. The van der Waals surface area contributed by atoms with Gasteiger partial charge in [0.1, 0.15) is 5.75 Å². The second-order valence-corrected chi connectivity index (χ2v) is 4.12. The maximum atomic E-state index is 8.98. The van der Waals surface area contributed by atoms with E-state index in [-0.39, 0.29) is 0 Å². The smallest absolute Gasteiger partial charge is 0.117 e. The summed E-state index contributed by atoms with van der Waals surface area (Å²) in [6.45, 7) is 0. The fraction of sp³-hybridized carbons (Fsp3) is 0. The number of hydrogen-bond acceptors (Lipinski definition) is 1. The standard InChI is InChI=1S/C6H4I2O/c7-4-1-5(8)3-6(9)2-4/h1-3,9H. The van der Waals surface area contributed by atoms with Gasteiger partial charge < -0.3 is 5.11 Å². The van der Waals surface area contributed by atoms with Gasteiger partial charge in [0.05, 0.1) is 0 Å². The molecule has 0 aliphatic carbocycles. The zero-order chi connectivity index (χ0) is 6.85. The molecule has 0 aromatic heterocycles. The first-order chi connectivity index (χ1) is 4.18. The Kier molecular flexibility index (Phi) is 2.57. The van der Waals surface area contributed by atoms with Gasteiger partial charge in [-0.15, -0.1) is 0 Å². The summed E-state index contributed by atoms with van der Waals surface area (Å²) in [6.07, 6.45) is 0. The molecule has 0 aliphatic rings. The summed E-state index contributed by atoms with van der Waals surface area (Å²) in [7, 11) is 0. The summed E-state index contributed by atoms with van der Waals surface area (Å²) < 4.78 is 2.13. The van der Waals surface area contributed by atoms with Crippen LogP contribution in [0.5, 0.6) is 5.75 Å². The van der Waals surface area contributed by atoms with Gasteiger partial charge in [-0.2, -0.15) is 0 Å². The van der Waals surface area contributed by atoms with Crippen molar-refractivity contribution in [2.75, 3.05) is 0 Å². The van der Waals surface area contributed by atoms with Crippen molar-refractivity contribution in [3.8, 4) is 5.75 Å². The Labute approximate surface area is 80.7 Å². The highest BCUT2D eigenvalue weighted by molar-refractivity contribution is 14.1. The Bertz CT molecular complexity index is 172. The molecular weight excluding hydrogens is 342 g/mol. The molecule has 0 bridgehead atoms. The topological polar surface area (TPSA) is 20.2 Å². The Morgan fingerprint density at radius 1 is 1.00 bits per heavy atom. The predicted molar refractivity (Wildman–Crippen MR) is 53.5 cm³/mol. The van der Waals surface area contributed by atoms with Crippen LogP contribution in [0.2, 0.25) is 0 Å². The second kappa shape index (κ2) is 3.05. The molecule has 0 unspecified atom stereocenters. The third-order valence-corrected chi connectivity index (χ3v) is 2.09. The zero-order valence-electron chi connectivity index (χ0n) is 4.44. The molecule has 1 N–H and O–H groups in total. The van der Waals surface area contributed by atoms with E-state index < -0.39 is 0 Å². The second-order valence-electron chi connectivity index (χ2n) is 1.63. The first kappa shape index (κ1) is 7.59. The van der Waals surface area contributed by atoms with E-state index in [1.54, 1.807) is 12.1 Å². The molecule has 1 nitrogen and oxygen atoms in total. The van der Waals surface area contributed by atoms with Crippen molar-refractivity contribution in [1.82, 2.24) is 0 Å². The molecule has 1 aromatic carbocycles. The monoisotopic (exact) mass is 346 g/mol. The number of phenolic OH excluding ortho intramolecular Hbond substituents is 1. The van der Waals surface area contributed by atoms with Crippen LogP contribution in [0.15, 0.2) is 18.2 Å². The summed E-state index contributed by atoms with van der Waals surface area (Å²) in [4.78, 5) is 0. The molecule has 1 aromatic rings. The molecule has 0 fully saturated rings. The van der Waals surface area contributed by atoms with Gasteiger partial charge in [-0.1, -0.05) is 0 Å². The average molecular weight is 346 g/mol. The Morgan fingerprint density at radius 2 is 1.44 bits per heavy atom. The highest BCUT2D eigenvalue weighted by Gasteiger charge is 1.92. The van der Waals surface area contributed by atoms with Crippen LogP contribution in [0.1, 0.15) is 0 Å². The molecule has 0 saturated carbocycles. The molecule has 3 heteroatoms. The van der Waals surface area contributed by atoms with E-state index in [0.29, 0.717) is 5.75 Å². The largest absolute Gasteiger partial charge is 0.508 e. The third-order valence-electron chi connectivity index (χ3n) is 0.847. The van der Waals surface area contributed by atoms with E-state index in [2.05, 4.69) is 45.2 Å². The van der Waals surface area contributed by atoms with E-state index >= 15 is 0 Å². The van der Waals surface area contributed by atoms with Crippen LogP contribution >= 0.6 is 45.2 Å². The quantitative estimate of drug-likeness (QED) is 0.717. The summed E-state index contributed by atoms with van der Waals surface area (Å²) in [5.41, 5.74) is 0. The van der Waals surface area contributed by atoms with Gasteiger partial charge in [-0.05, 0) is 63.4 Å². The zero-order valence-corrected chi connectivity index (χ0v) is 8.75. The first-order valence-corrected chi connectivity index (χ1v) is 4.49. The van der Waals surface area contributed by atoms with Gasteiger partial charge in [-0.3, -0.25) is 0 Å². The van der Waals surface area contributed by atoms with E-state index in [1.165, 1.54) is 0 Å². The van der Waals surface area contributed by atoms with Crippen LogP contribution < -0.4 is 0 Å². The third kappa shape index (κ3) is 2.29. The van der Waals surface area contributed by atoms with E-state index in [0.717, 1.165) is 7.14 Å². The summed E-state index contributed by atoms with van der Waals surface area (Å²) in [5, 5.41) is 8.98. The number of rotatable bonds is 0. The van der Waals surface area contributed by atoms with E-state index in [9.17, 15) is 0 Å². The lowest BCUT2D eigenvalue weighted by Crippen LogP contribution is -1.73. The summed E-state index contributed by atoms with van der Waals surface area (Å²) in [6, 6.07) is 5.45. The minimum absolute atomic E-state index is 0.339. The van der Waals surface area contributed by atoms with Crippen molar-refractivity contribution >= 4 is 45.2 Å². The number of hydrogen-bond donors (Lipinski definition) is 1. The van der Waals surface area contributed by atoms with Crippen LogP contribution in [0.3, 0.4) is 0 Å². The van der Waals surface area contributed by atoms with Crippen molar-refractivity contribution < 1.29 is 5.11 Å². The maximum Gasteiger partial charge on any atom is 0.117 e. The average Bonchev–Trinajstić information content (AvgIpc) is 1.59. The molecule has 0 atom stereocenters. The Hall–Kier alpha value is 0.480. The maximum absolute atomic E-state index is 8.98. The Balaban J connectivity index is 3.17. The Morgan fingerprint density at radius 3 is 1.78 bits per heavy atom. The molecule has 0 saturated heterocycles. The molecule has 0 aliphatic heterocycles. The van der Waals surface area contributed by atoms with Gasteiger partial charge in [0.2, 0.25) is 0 Å². The molecule has 0 heterocycles. The van der Waals surface area contributed by atoms with Crippen LogP contribution in [0.4, 0.5) is 0 Å². The van der Waals surface area contributed by atoms with Crippen LogP contribution in [0.25, 0.3) is 0 Å². The van der Waals surface area contributed by atoms with Gasteiger partial charge in [0, 0.05) is 7.14 Å². The van der Waals surface area contributed by atoms with Gasteiger partial charge in [-0.25, -0.2) is 0 Å². The number of benzene rings is 1. The van der Waals surface area contributed by atoms with Gasteiger partial charge in [0.15, 0.2) is 0 Å². The lowest BCUT2D eigenvalue weighted by molar-refractivity contribution is 0.474. The normalized spacial score (nSPS) is 9.56. The predicted octanol–water partition coefficient (Wildman–Crippen LogP) is 2.60. The van der Waals surface area contributed by atoms with E-state index in [1.807, 2.05) is 6.07 Å². The van der Waals surface area contributed by atoms with Crippen molar-refractivity contribution in [1.29, 1.82) is 0 Å². The first-order valence-electron chi connectivity index (χ1n) is 2.33. The molecule has 48 valence electrons. The fourth-order valence-electron chi connectivity index (χ4n) is 0.539. The molecule has 9 heavy (non-hydrogen) atoms. The highest BCUT2D eigenvalue weighted by Crippen LogP contribution is 2.17. The number of phenols is 1. The molecule has 0 spiro atoms. The minimum atomic E-state index is 0.339. The minimum Gasteiger partial charge on any atom is -0.508 e. The summed E-state index contributed by atoms with van der Waals surface area (Å²) in [5.74, 6) is 0.339. The van der Waals surface area contributed by atoms with Gasteiger partial charge >= 0.3 is 0 Å². The van der Waals surface area contributed by atoms with Gasteiger partial charge in [0.25, 0.3) is 0 Å². The van der Waals surface area contributed by atoms with Crippen LogP contribution in [-0.2, 0) is 0 Å². The van der Waals surface area contributed by atoms with E-state index in [4.69, 9.17) is 5.11 Å². The molecule has 0 radical (unpaired) electrons. The highest BCUT2D eigenvalue weighted by atomic mass is 127. The van der Waals surface area contributed by atoms with Crippen LogP contribution in [0, 0.1) is 7.14 Å². The summed E-state index contributed by atoms with van der Waals surface area (Å²) >= 11 is 4.33. The number of halogens is 2. The van der Waals surface area contributed by atoms with Crippen LogP contribution in [-0.4, -0.2) is 5.11 Å².